The first-order valence-corrected chi connectivity index (χ1v) is 11.4. The molecule has 0 aliphatic carbocycles. The van der Waals surface area contributed by atoms with Crippen molar-refractivity contribution in [1.82, 2.24) is 14.3 Å². The van der Waals surface area contributed by atoms with E-state index in [1.54, 1.807) is 23.0 Å². The minimum Gasteiger partial charge on any atom is -0.380 e. The fourth-order valence-electron chi connectivity index (χ4n) is 2.87. The maximum absolute atomic E-state index is 12.8. The first-order chi connectivity index (χ1) is 13.7. The largest absolute Gasteiger partial charge is 0.380 e. The molecule has 156 valence electrons. The molecule has 0 saturated heterocycles. The molecule has 2 aromatic heterocycles. The third kappa shape index (κ3) is 4.64. The number of amides is 1. The molecule has 2 heterocycles. The number of ether oxygens (including phenoxy) is 1. The smallest absolute Gasteiger partial charge is 0.297 e. The summed E-state index contributed by atoms with van der Waals surface area (Å²) in [6, 6.07) is 6.25. The van der Waals surface area contributed by atoms with Crippen LogP contribution in [0.3, 0.4) is 0 Å². The number of carbonyl (C=O) groups excluding carboxylic acids is 1. The molecule has 3 aromatic rings. The third-order valence-corrected chi connectivity index (χ3v) is 6.17. The van der Waals surface area contributed by atoms with Crippen LogP contribution in [0.4, 0.5) is 0 Å². The van der Waals surface area contributed by atoms with E-state index < -0.39 is 15.9 Å². The van der Waals surface area contributed by atoms with Crippen molar-refractivity contribution in [3.63, 3.8) is 0 Å². The highest BCUT2D eigenvalue weighted by atomic mass is 32.2. The highest BCUT2D eigenvalue weighted by Gasteiger charge is 2.16. The molecule has 2 N–H and O–H groups in total. The number of aromatic nitrogens is 3. The fraction of sp³-hybridized carbons (Fsp3) is 0.389. The SMILES string of the molecule is CCOCCn1c(=NC(=O)c2ccnn2C(C)C)sc2cc(S(N)(=O)=O)ccc21. The van der Waals surface area contributed by atoms with Crippen LogP contribution in [0.5, 0.6) is 0 Å². The summed E-state index contributed by atoms with van der Waals surface area (Å²) in [5, 5.41) is 9.42. The van der Waals surface area contributed by atoms with Crippen molar-refractivity contribution in [1.29, 1.82) is 0 Å². The zero-order chi connectivity index (χ0) is 21.2. The highest BCUT2D eigenvalue weighted by molar-refractivity contribution is 7.89. The van der Waals surface area contributed by atoms with Gasteiger partial charge >= 0.3 is 0 Å². The molecular formula is C18H23N5O4S2. The molecule has 29 heavy (non-hydrogen) atoms. The number of primary sulfonamides is 1. The summed E-state index contributed by atoms with van der Waals surface area (Å²) in [6.07, 6.45) is 1.56. The summed E-state index contributed by atoms with van der Waals surface area (Å²) in [5.41, 5.74) is 1.14. The quantitative estimate of drug-likeness (QED) is 0.566. The van der Waals surface area contributed by atoms with Gasteiger partial charge in [0.25, 0.3) is 5.91 Å². The van der Waals surface area contributed by atoms with Crippen LogP contribution < -0.4 is 9.94 Å². The Morgan fingerprint density at radius 1 is 1.34 bits per heavy atom. The van der Waals surface area contributed by atoms with Crippen molar-refractivity contribution < 1.29 is 17.9 Å². The third-order valence-electron chi connectivity index (χ3n) is 4.22. The van der Waals surface area contributed by atoms with Crippen LogP contribution in [0.1, 0.15) is 37.3 Å². The zero-order valence-corrected chi connectivity index (χ0v) is 18.0. The highest BCUT2D eigenvalue weighted by Crippen LogP contribution is 2.21. The van der Waals surface area contributed by atoms with Crippen LogP contribution in [0.25, 0.3) is 10.2 Å². The van der Waals surface area contributed by atoms with Gasteiger partial charge in [0, 0.05) is 25.4 Å². The van der Waals surface area contributed by atoms with E-state index in [1.807, 2.05) is 25.3 Å². The van der Waals surface area contributed by atoms with Gasteiger partial charge in [0.2, 0.25) is 10.0 Å². The molecule has 0 aliphatic heterocycles. The topological polar surface area (TPSA) is 122 Å². The fourth-order valence-corrected chi connectivity index (χ4v) is 4.58. The summed E-state index contributed by atoms with van der Waals surface area (Å²) in [5.74, 6) is -0.417. The van der Waals surface area contributed by atoms with Crippen LogP contribution in [-0.4, -0.2) is 41.9 Å². The van der Waals surface area contributed by atoms with Gasteiger partial charge in [0.05, 0.1) is 21.7 Å². The molecule has 0 fully saturated rings. The molecule has 0 saturated carbocycles. The van der Waals surface area contributed by atoms with Crippen LogP contribution >= 0.6 is 11.3 Å². The molecule has 1 amide bonds. The molecule has 0 atom stereocenters. The van der Waals surface area contributed by atoms with E-state index in [2.05, 4.69) is 10.1 Å². The molecule has 0 bridgehead atoms. The number of sulfonamides is 1. The second-order valence-corrected chi connectivity index (χ2v) is 9.15. The lowest BCUT2D eigenvalue weighted by Crippen LogP contribution is -2.21. The maximum atomic E-state index is 12.8. The normalized spacial score (nSPS) is 12.9. The Labute approximate surface area is 172 Å². The Morgan fingerprint density at radius 2 is 2.10 bits per heavy atom. The average molecular weight is 438 g/mol. The Kier molecular flexibility index (Phi) is 6.32. The minimum atomic E-state index is -3.83. The van der Waals surface area contributed by atoms with E-state index in [0.29, 0.717) is 35.0 Å². The Morgan fingerprint density at radius 3 is 2.76 bits per heavy atom. The summed E-state index contributed by atoms with van der Waals surface area (Å²) < 4.78 is 32.9. The maximum Gasteiger partial charge on any atom is 0.297 e. The predicted molar refractivity (Wildman–Crippen MR) is 110 cm³/mol. The van der Waals surface area contributed by atoms with Crippen LogP contribution in [0, 0.1) is 0 Å². The number of benzene rings is 1. The van der Waals surface area contributed by atoms with E-state index in [9.17, 15) is 13.2 Å². The number of rotatable bonds is 7. The van der Waals surface area contributed by atoms with Crippen LogP contribution in [0.2, 0.25) is 0 Å². The number of nitrogens with two attached hydrogens (primary N) is 1. The lowest BCUT2D eigenvalue weighted by molar-refractivity contribution is 0.0984. The second kappa shape index (κ2) is 8.57. The number of thiazole rings is 1. The van der Waals surface area contributed by atoms with E-state index in [1.165, 1.54) is 23.5 Å². The number of fused-ring (bicyclic) bond motifs is 1. The summed E-state index contributed by atoms with van der Waals surface area (Å²) in [4.78, 5) is 17.6. The van der Waals surface area contributed by atoms with Gasteiger partial charge in [-0.3, -0.25) is 9.48 Å². The van der Waals surface area contributed by atoms with Crippen molar-refractivity contribution in [3.8, 4) is 0 Å². The van der Waals surface area contributed by atoms with E-state index in [-0.39, 0.29) is 10.9 Å². The monoisotopic (exact) mass is 437 g/mol. The molecular weight excluding hydrogens is 414 g/mol. The zero-order valence-electron chi connectivity index (χ0n) is 16.4. The van der Waals surface area contributed by atoms with Gasteiger partial charge in [-0.05, 0) is 45.0 Å². The summed E-state index contributed by atoms with van der Waals surface area (Å²) in [7, 11) is -3.83. The van der Waals surface area contributed by atoms with Crippen molar-refractivity contribution in [2.75, 3.05) is 13.2 Å². The van der Waals surface area contributed by atoms with E-state index in [4.69, 9.17) is 9.88 Å². The number of carbonyl (C=O) groups is 1. The standard InChI is InChI=1S/C18H23N5O4S2/c1-4-27-10-9-22-14-6-5-13(29(19,25)26)11-16(14)28-18(22)21-17(24)15-7-8-20-23(15)12(2)3/h5-8,11-12H,4,9-10H2,1-3H3,(H2,19,25,26). The lowest BCUT2D eigenvalue weighted by atomic mass is 10.3. The van der Waals surface area contributed by atoms with Crippen molar-refractivity contribution in [3.05, 3.63) is 41.0 Å². The van der Waals surface area contributed by atoms with E-state index >= 15 is 0 Å². The van der Waals surface area contributed by atoms with E-state index in [0.717, 1.165) is 5.52 Å². The van der Waals surface area contributed by atoms with Gasteiger partial charge in [0.15, 0.2) is 4.80 Å². The summed E-state index contributed by atoms with van der Waals surface area (Å²) in [6.45, 7) is 7.23. The average Bonchev–Trinajstić information content (AvgIpc) is 3.26. The van der Waals surface area contributed by atoms with Crippen LogP contribution in [-0.2, 0) is 21.3 Å². The number of hydrogen-bond acceptors (Lipinski definition) is 6. The first kappa shape index (κ1) is 21.4. The summed E-state index contributed by atoms with van der Waals surface area (Å²) >= 11 is 1.22. The van der Waals surface area contributed by atoms with Gasteiger partial charge in [-0.15, -0.1) is 0 Å². The molecule has 11 heteroatoms. The molecule has 0 aliphatic rings. The molecule has 1 aromatic carbocycles. The van der Waals surface area contributed by atoms with Crippen molar-refractivity contribution in [2.45, 2.75) is 38.3 Å². The molecule has 0 unspecified atom stereocenters. The number of hydrogen-bond donors (Lipinski definition) is 1. The Bertz CT molecular complexity index is 1200. The Balaban J connectivity index is 2.13. The van der Waals surface area contributed by atoms with Gasteiger partial charge in [-0.1, -0.05) is 11.3 Å². The van der Waals surface area contributed by atoms with Gasteiger partial charge < -0.3 is 9.30 Å². The molecule has 9 nitrogen and oxygen atoms in total. The number of nitrogens with zero attached hydrogens (tertiary/aromatic N) is 4. The molecule has 0 spiro atoms. The molecule has 0 radical (unpaired) electrons. The predicted octanol–water partition coefficient (Wildman–Crippen LogP) is 1.91. The van der Waals surface area contributed by atoms with Crippen molar-refractivity contribution >= 4 is 37.5 Å². The van der Waals surface area contributed by atoms with Gasteiger partial charge in [-0.25, -0.2) is 13.6 Å². The minimum absolute atomic E-state index is 0.0129. The second-order valence-electron chi connectivity index (χ2n) is 6.58. The van der Waals surface area contributed by atoms with Crippen molar-refractivity contribution in [2.24, 2.45) is 10.1 Å². The van der Waals surface area contributed by atoms with Crippen LogP contribution in [0.15, 0.2) is 40.4 Å². The molecule has 3 rings (SSSR count). The Hall–Kier alpha value is -2.34. The first-order valence-electron chi connectivity index (χ1n) is 9.09. The van der Waals surface area contributed by atoms with Gasteiger partial charge in [0.1, 0.15) is 5.69 Å². The lowest BCUT2D eigenvalue weighted by Gasteiger charge is -2.08. The van der Waals surface area contributed by atoms with Gasteiger partial charge in [-0.2, -0.15) is 10.1 Å².